The van der Waals surface area contributed by atoms with Crippen molar-refractivity contribution in [2.24, 2.45) is 0 Å². The molecule has 4 rings (SSSR count). The Morgan fingerprint density at radius 2 is 1.77 bits per heavy atom. The highest BCUT2D eigenvalue weighted by molar-refractivity contribution is 5.94. The molecule has 1 aliphatic rings. The quantitative estimate of drug-likeness (QED) is 0.607. The molecule has 1 fully saturated rings. The van der Waals surface area contributed by atoms with E-state index in [0.29, 0.717) is 68.2 Å². The van der Waals surface area contributed by atoms with Gasteiger partial charge >= 0.3 is 0 Å². The highest BCUT2D eigenvalue weighted by atomic mass is 19.1. The molecular weight excluding hydrogens is 399 g/mol. The third-order valence-electron chi connectivity index (χ3n) is 5.58. The van der Waals surface area contributed by atoms with Gasteiger partial charge in [0.15, 0.2) is 0 Å². The molecule has 0 saturated carbocycles. The zero-order valence-corrected chi connectivity index (χ0v) is 17.5. The molecule has 1 aliphatic heterocycles. The Bertz CT molecular complexity index is 1120. The van der Waals surface area contributed by atoms with Crippen molar-refractivity contribution in [3.05, 3.63) is 76.1 Å². The summed E-state index contributed by atoms with van der Waals surface area (Å²) in [6, 6.07) is 13.0. The lowest BCUT2D eigenvalue weighted by Gasteiger charge is -2.34. The van der Waals surface area contributed by atoms with Gasteiger partial charge in [-0.1, -0.05) is 12.1 Å². The summed E-state index contributed by atoms with van der Waals surface area (Å²) in [5.41, 5.74) is 1.10. The average molecular weight is 424 g/mol. The van der Waals surface area contributed by atoms with Crippen LogP contribution in [0.15, 0.2) is 53.3 Å². The number of nitrogens with zero attached hydrogens (tertiary/aromatic N) is 4. The molecule has 1 aromatic heterocycles. The summed E-state index contributed by atoms with van der Waals surface area (Å²) in [7, 11) is 1.61. The Hall–Kier alpha value is -3.10. The first-order chi connectivity index (χ1) is 15.1. The molecule has 0 N–H and O–H groups in total. The predicted octanol–water partition coefficient (Wildman–Crippen LogP) is 2.14. The van der Waals surface area contributed by atoms with Gasteiger partial charge in [0.05, 0.1) is 30.6 Å². The molecule has 2 aromatic carbocycles. The van der Waals surface area contributed by atoms with Gasteiger partial charge in [0.2, 0.25) is 0 Å². The second-order valence-corrected chi connectivity index (χ2v) is 7.57. The van der Waals surface area contributed by atoms with Gasteiger partial charge in [-0.25, -0.2) is 9.37 Å². The number of piperazine rings is 1. The summed E-state index contributed by atoms with van der Waals surface area (Å²) >= 11 is 0. The molecule has 1 saturated heterocycles. The summed E-state index contributed by atoms with van der Waals surface area (Å²) in [4.78, 5) is 34.3. The second kappa shape index (κ2) is 9.36. The van der Waals surface area contributed by atoms with Gasteiger partial charge in [0, 0.05) is 38.9 Å². The summed E-state index contributed by atoms with van der Waals surface area (Å²) < 4.78 is 20.0. The van der Waals surface area contributed by atoms with Gasteiger partial charge < -0.3 is 9.64 Å². The lowest BCUT2D eigenvalue weighted by atomic mass is 10.1. The first-order valence-electron chi connectivity index (χ1n) is 10.3. The fourth-order valence-electron chi connectivity index (χ4n) is 3.83. The third kappa shape index (κ3) is 4.65. The van der Waals surface area contributed by atoms with Crippen LogP contribution in [0.4, 0.5) is 4.39 Å². The Kier molecular flexibility index (Phi) is 6.39. The van der Waals surface area contributed by atoms with E-state index in [1.165, 1.54) is 24.3 Å². The van der Waals surface area contributed by atoms with Gasteiger partial charge in [-0.3, -0.25) is 19.1 Å². The fourth-order valence-corrected chi connectivity index (χ4v) is 3.83. The molecule has 1 amide bonds. The number of ether oxygens (including phenoxy) is 1. The van der Waals surface area contributed by atoms with E-state index >= 15 is 0 Å². The van der Waals surface area contributed by atoms with Crippen molar-refractivity contribution in [3.8, 4) is 0 Å². The van der Waals surface area contributed by atoms with E-state index in [-0.39, 0.29) is 17.3 Å². The van der Waals surface area contributed by atoms with Gasteiger partial charge in [0.1, 0.15) is 11.6 Å². The number of fused-ring (bicyclic) bond motifs is 1. The van der Waals surface area contributed by atoms with Crippen LogP contribution in [0.1, 0.15) is 16.2 Å². The van der Waals surface area contributed by atoms with Crippen molar-refractivity contribution < 1.29 is 13.9 Å². The molecule has 31 heavy (non-hydrogen) atoms. The van der Waals surface area contributed by atoms with Crippen LogP contribution in [0.25, 0.3) is 10.9 Å². The van der Waals surface area contributed by atoms with E-state index in [0.717, 1.165) is 0 Å². The number of carbonyl (C=O) groups excluding carboxylic acids is 1. The average Bonchev–Trinajstić information content (AvgIpc) is 2.79. The smallest absolute Gasteiger partial charge is 0.261 e. The fraction of sp³-hybridized carbons (Fsp3) is 0.348. The zero-order chi connectivity index (χ0) is 21.8. The van der Waals surface area contributed by atoms with Crippen molar-refractivity contribution in [1.82, 2.24) is 19.4 Å². The van der Waals surface area contributed by atoms with E-state index in [1.54, 1.807) is 22.6 Å². The van der Waals surface area contributed by atoms with E-state index < -0.39 is 0 Å². The molecule has 162 valence electrons. The van der Waals surface area contributed by atoms with Gasteiger partial charge in [0.25, 0.3) is 11.5 Å². The number of para-hydroxylation sites is 1. The number of amides is 1. The van der Waals surface area contributed by atoms with E-state index in [2.05, 4.69) is 4.90 Å². The molecular formula is C23H25FN4O3. The number of benzene rings is 2. The molecule has 0 bridgehead atoms. The molecule has 0 atom stereocenters. The van der Waals surface area contributed by atoms with Crippen LogP contribution >= 0.6 is 0 Å². The van der Waals surface area contributed by atoms with Crippen molar-refractivity contribution >= 4 is 16.8 Å². The Morgan fingerprint density at radius 3 is 2.48 bits per heavy atom. The van der Waals surface area contributed by atoms with Crippen LogP contribution < -0.4 is 5.56 Å². The molecule has 3 aromatic rings. The predicted molar refractivity (Wildman–Crippen MR) is 115 cm³/mol. The Labute approximate surface area is 179 Å². The van der Waals surface area contributed by atoms with Crippen LogP contribution in [0.2, 0.25) is 0 Å². The topological polar surface area (TPSA) is 67.7 Å². The standard InChI is InChI=1S/C23H25FN4O3/c1-31-15-14-28-21(25-20-5-3-2-4-19(20)23(28)30)16-26-10-12-27(13-11-26)22(29)17-6-8-18(24)9-7-17/h2-9H,10-16H2,1H3. The van der Waals surface area contributed by atoms with Crippen LogP contribution in [0.3, 0.4) is 0 Å². The molecule has 0 aliphatic carbocycles. The van der Waals surface area contributed by atoms with E-state index in [4.69, 9.17) is 9.72 Å². The van der Waals surface area contributed by atoms with E-state index in [1.807, 2.05) is 18.2 Å². The minimum atomic E-state index is -0.358. The normalized spacial score (nSPS) is 14.8. The number of carbonyl (C=O) groups is 1. The van der Waals surface area contributed by atoms with Crippen LogP contribution in [-0.2, 0) is 17.8 Å². The van der Waals surface area contributed by atoms with E-state index in [9.17, 15) is 14.0 Å². The third-order valence-corrected chi connectivity index (χ3v) is 5.58. The number of methoxy groups -OCH3 is 1. The number of halogens is 1. The number of hydrogen-bond donors (Lipinski definition) is 0. The van der Waals surface area contributed by atoms with Crippen molar-refractivity contribution in [3.63, 3.8) is 0 Å². The molecule has 7 nitrogen and oxygen atoms in total. The largest absolute Gasteiger partial charge is 0.383 e. The summed E-state index contributed by atoms with van der Waals surface area (Å²) in [5.74, 6) is 0.239. The first-order valence-corrected chi connectivity index (χ1v) is 10.3. The summed E-state index contributed by atoms with van der Waals surface area (Å²) in [6.45, 7) is 3.83. The highest BCUT2D eigenvalue weighted by Crippen LogP contribution is 2.13. The molecule has 8 heteroatoms. The van der Waals surface area contributed by atoms with Crippen molar-refractivity contribution in [1.29, 1.82) is 0 Å². The van der Waals surface area contributed by atoms with Crippen LogP contribution in [0, 0.1) is 5.82 Å². The lowest BCUT2D eigenvalue weighted by molar-refractivity contribution is 0.0622. The molecule has 0 spiro atoms. The Morgan fingerprint density at radius 1 is 1.06 bits per heavy atom. The number of hydrogen-bond acceptors (Lipinski definition) is 5. The highest BCUT2D eigenvalue weighted by Gasteiger charge is 2.23. The van der Waals surface area contributed by atoms with Crippen LogP contribution in [0.5, 0.6) is 0 Å². The molecule has 0 radical (unpaired) electrons. The van der Waals surface area contributed by atoms with Gasteiger partial charge in [-0.2, -0.15) is 0 Å². The number of rotatable bonds is 6. The minimum absolute atomic E-state index is 0.0669. The minimum Gasteiger partial charge on any atom is -0.383 e. The van der Waals surface area contributed by atoms with Gasteiger partial charge in [-0.15, -0.1) is 0 Å². The summed E-state index contributed by atoms with van der Waals surface area (Å²) in [6.07, 6.45) is 0. The van der Waals surface area contributed by atoms with Crippen LogP contribution in [-0.4, -0.2) is 65.2 Å². The lowest BCUT2D eigenvalue weighted by Crippen LogP contribution is -2.48. The summed E-state index contributed by atoms with van der Waals surface area (Å²) in [5, 5.41) is 0.595. The molecule has 0 unspecified atom stereocenters. The maximum Gasteiger partial charge on any atom is 0.261 e. The van der Waals surface area contributed by atoms with Crippen molar-refractivity contribution in [2.75, 3.05) is 39.9 Å². The SMILES string of the molecule is COCCn1c(CN2CCN(C(=O)c3ccc(F)cc3)CC2)nc2ccccc2c1=O. The molecule has 2 heterocycles. The maximum absolute atomic E-state index is 13.1. The van der Waals surface area contributed by atoms with Gasteiger partial charge in [-0.05, 0) is 36.4 Å². The van der Waals surface area contributed by atoms with Crippen molar-refractivity contribution in [2.45, 2.75) is 13.1 Å². The number of aromatic nitrogens is 2. The maximum atomic E-state index is 13.1. The monoisotopic (exact) mass is 424 g/mol. The second-order valence-electron chi connectivity index (χ2n) is 7.57. The Balaban J connectivity index is 1.48. The zero-order valence-electron chi connectivity index (χ0n) is 17.5. The first kappa shape index (κ1) is 21.1.